The lowest BCUT2D eigenvalue weighted by Crippen LogP contribution is -2.50. The molecule has 0 atom stereocenters. The van der Waals surface area contributed by atoms with Crippen LogP contribution in [0.15, 0.2) is 0 Å². The molecule has 3 nitrogen and oxygen atoms in total. The van der Waals surface area contributed by atoms with Crippen LogP contribution in [0.4, 0.5) is 0 Å². The van der Waals surface area contributed by atoms with Crippen LogP contribution in [-0.2, 0) is 4.74 Å². The Hall–Kier alpha value is -0.120. The highest BCUT2D eigenvalue weighted by Crippen LogP contribution is 2.33. The van der Waals surface area contributed by atoms with E-state index in [9.17, 15) is 0 Å². The zero-order valence-electron chi connectivity index (χ0n) is 13.1. The minimum Gasteiger partial charge on any atom is -0.381 e. The summed E-state index contributed by atoms with van der Waals surface area (Å²) in [5, 5.41) is 3.69. The fraction of sp³-hybridized carbons (Fsp3) is 1.00. The van der Waals surface area contributed by atoms with Gasteiger partial charge in [0.25, 0.3) is 0 Å². The summed E-state index contributed by atoms with van der Waals surface area (Å²) in [6, 6.07) is 0.852. The summed E-state index contributed by atoms with van der Waals surface area (Å²) >= 11 is 0. The largest absolute Gasteiger partial charge is 0.381 e. The van der Waals surface area contributed by atoms with Gasteiger partial charge < -0.3 is 15.0 Å². The summed E-state index contributed by atoms with van der Waals surface area (Å²) < 4.78 is 5.59. The molecule has 1 saturated carbocycles. The molecule has 2 fully saturated rings. The van der Waals surface area contributed by atoms with Gasteiger partial charge in [0.15, 0.2) is 0 Å². The molecule has 0 aromatic heterocycles. The Bertz CT molecular complexity index is 257. The van der Waals surface area contributed by atoms with Gasteiger partial charge in [-0.15, -0.1) is 0 Å². The Balaban J connectivity index is 1.85. The van der Waals surface area contributed by atoms with Gasteiger partial charge >= 0.3 is 0 Å². The second kappa shape index (κ2) is 7.05. The van der Waals surface area contributed by atoms with E-state index in [1.807, 2.05) is 0 Å². The fourth-order valence-electron chi connectivity index (χ4n) is 3.31. The Morgan fingerprint density at radius 1 is 1.26 bits per heavy atom. The Morgan fingerprint density at radius 3 is 2.47 bits per heavy atom. The molecule has 1 N–H and O–H groups in total. The van der Waals surface area contributed by atoms with E-state index in [4.69, 9.17) is 4.74 Å². The SMILES string of the molecule is CC(C)CNCC1(CN(C)C2CCC2)CCOCC1. The first-order valence-corrected chi connectivity index (χ1v) is 8.10. The number of hydrogen-bond donors (Lipinski definition) is 1. The molecule has 0 aromatic carbocycles. The average Bonchev–Trinajstić information content (AvgIpc) is 2.26. The number of nitrogens with one attached hydrogen (secondary N) is 1. The van der Waals surface area contributed by atoms with Gasteiger partial charge in [-0.1, -0.05) is 20.3 Å². The van der Waals surface area contributed by atoms with E-state index in [2.05, 4.69) is 31.1 Å². The molecule has 1 heterocycles. The van der Waals surface area contributed by atoms with Crippen LogP contribution in [0.25, 0.3) is 0 Å². The molecule has 0 amide bonds. The topological polar surface area (TPSA) is 24.5 Å². The monoisotopic (exact) mass is 268 g/mol. The van der Waals surface area contributed by atoms with Crippen LogP contribution in [0, 0.1) is 11.3 Å². The third kappa shape index (κ3) is 4.44. The van der Waals surface area contributed by atoms with Gasteiger partial charge in [-0.05, 0) is 50.6 Å². The van der Waals surface area contributed by atoms with Gasteiger partial charge in [0.05, 0.1) is 0 Å². The van der Waals surface area contributed by atoms with Gasteiger partial charge in [0.2, 0.25) is 0 Å². The minimum atomic E-state index is 0.442. The fourth-order valence-corrected chi connectivity index (χ4v) is 3.31. The van der Waals surface area contributed by atoms with Crippen molar-refractivity contribution in [3.05, 3.63) is 0 Å². The second-order valence-electron chi connectivity index (χ2n) is 7.14. The normalized spacial score (nSPS) is 23.8. The minimum absolute atomic E-state index is 0.442. The summed E-state index contributed by atoms with van der Waals surface area (Å²) in [6.07, 6.45) is 6.67. The molecule has 1 saturated heterocycles. The number of hydrogen-bond acceptors (Lipinski definition) is 3. The van der Waals surface area contributed by atoms with Gasteiger partial charge in [-0.25, -0.2) is 0 Å². The zero-order valence-corrected chi connectivity index (χ0v) is 13.1. The van der Waals surface area contributed by atoms with Gasteiger partial charge in [0.1, 0.15) is 0 Å². The van der Waals surface area contributed by atoms with E-state index in [1.165, 1.54) is 38.6 Å². The molecule has 0 unspecified atom stereocenters. The Kier molecular flexibility index (Phi) is 5.67. The van der Waals surface area contributed by atoms with Crippen molar-refractivity contribution in [2.45, 2.75) is 52.0 Å². The highest BCUT2D eigenvalue weighted by Gasteiger charge is 2.35. The first kappa shape index (κ1) is 15.3. The zero-order chi connectivity index (χ0) is 13.7. The summed E-state index contributed by atoms with van der Waals surface area (Å²) in [7, 11) is 2.32. The van der Waals surface area contributed by atoms with Crippen molar-refractivity contribution in [2.75, 3.05) is 39.9 Å². The molecule has 0 radical (unpaired) electrons. The summed E-state index contributed by atoms with van der Waals surface area (Å²) in [5.74, 6) is 0.737. The molecule has 3 heteroatoms. The maximum atomic E-state index is 5.59. The molecule has 1 aliphatic heterocycles. The van der Waals surface area contributed by atoms with Crippen LogP contribution >= 0.6 is 0 Å². The third-order valence-electron chi connectivity index (χ3n) is 4.89. The molecule has 2 aliphatic rings. The van der Waals surface area contributed by atoms with Crippen molar-refractivity contribution in [1.82, 2.24) is 10.2 Å². The van der Waals surface area contributed by atoms with Gasteiger partial charge in [-0.3, -0.25) is 0 Å². The van der Waals surface area contributed by atoms with Crippen molar-refractivity contribution < 1.29 is 4.74 Å². The van der Waals surface area contributed by atoms with Gasteiger partial charge in [0, 0.05) is 32.3 Å². The first-order chi connectivity index (χ1) is 9.11. The maximum absolute atomic E-state index is 5.59. The van der Waals surface area contributed by atoms with Crippen molar-refractivity contribution in [3.63, 3.8) is 0 Å². The van der Waals surface area contributed by atoms with Gasteiger partial charge in [-0.2, -0.15) is 0 Å². The summed E-state index contributed by atoms with van der Waals surface area (Å²) in [4.78, 5) is 2.62. The molecular formula is C16H32N2O. The number of rotatable bonds is 7. The summed E-state index contributed by atoms with van der Waals surface area (Å²) in [5.41, 5.74) is 0.442. The lowest BCUT2D eigenvalue weighted by Gasteiger charge is -2.44. The second-order valence-corrected chi connectivity index (χ2v) is 7.14. The molecular weight excluding hydrogens is 236 g/mol. The highest BCUT2D eigenvalue weighted by atomic mass is 16.5. The van der Waals surface area contributed by atoms with Crippen molar-refractivity contribution in [3.8, 4) is 0 Å². The molecule has 2 rings (SSSR count). The smallest absolute Gasteiger partial charge is 0.0472 e. The van der Waals surface area contributed by atoms with E-state index in [0.717, 1.165) is 38.3 Å². The van der Waals surface area contributed by atoms with Crippen molar-refractivity contribution in [1.29, 1.82) is 0 Å². The van der Waals surface area contributed by atoms with E-state index in [1.54, 1.807) is 0 Å². The predicted octanol–water partition coefficient (Wildman–Crippen LogP) is 2.51. The van der Waals surface area contributed by atoms with E-state index >= 15 is 0 Å². The van der Waals surface area contributed by atoms with Crippen molar-refractivity contribution >= 4 is 0 Å². The number of nitrogens with zero attached hydrogens (tertiary/aromatic N) is 1. The Morgan fingerprint density at radius 2 is 1.95 bits per heavy atom. The van der Waals surface area contributed by atoms with E-state index in [0.29, 0.717) is 5.41 Å². The van der Waals surface area contributed by atoms with E-state index < -0.39 is 0 Å². The lowest BCUT2D eigenvalue weighted by atomic mass is 9.78. The molecule has 0 spiro atoms. The molecule has 19 heavy (non-hydrogen) atoms. The standard InChI is InChI=1S/C16H32N2O/c1-14(2)11-17-12-16(7-9-19-10-8-16)13-18(3)15-5-4-6-15/h14-15,17H,4-13H2,1-3H3. The predicted molar refractivity (Wildman–Crippen MR) is 80.5 cm³/mol. The van der Waals surface area contributed by atoms with Crippen LogP contribution in [0.5, 0.6) is 0 Å². The van der Waals surface area contributed by atoms with Crippen LogP contribution in [-0.4, -0.2) is 50.8 Å². The van der Waals surface area contributed by atoms with Crippen LogP contribution in [0.3, 0.4) is 0 Å². The van der Waals surface area contributed by atoms with E-state index in [-0.39, 0.29) is 0 Å². The quantitative estimate of drug-likeness (QED) is 0.768. The highest BCUT2D eigenvalue weighted by molar-refractivity contribution is 4.89. The lowest BCUT2D eigenvalue weighted by molar-refractivity contribution is -0.0131. The van der Waals surface area contributed by atoms with Crippen LogP contribution in [0.1, 0.15) is 46.0 Å². The molecule has 0 bridgehead atoms. The molecule has 112 valence electrons. The summed E-state index contributed by atoms with van der Waals surface area (Å²) in [6.45, 7) is 9.99. The van der Waals surface area contributed by atoms with Crippen LogP contribution in [0.2, 0.25) is 0 Å². The molecule has 0 aromatic rings. The van der Waals surface area contributed by atoms with Crippen LogP contribution < -0.4 is 5.32 Å². The average molecular weight is 268 g/mol. The van der Waals surface area contributed by atoms with Crippen molar-refractivity contribution in [2.24, 2.45) is 11.3 Å². The number of ether oxygens (including phenoxy) is 1. The first-order valence-electron chi connectivity index (χ1n) is 8.10. The Labute approximate surface area is 119 Å². The third-order valence-corrected chi connectivity index (χ3v) is 4.89. The molecule has 1 aliphatic carbocycles. The maximum Gasteiger partial charge on any atom is 0.0472 e.